The summed E-state index contributed by atoms with van der Waals surface area (Å²) < 4.78 is 24.4. The van der Waals surface area contributed by atoms with Crippen LogP contribution in [0.4, 0.5) is 0 Å². The van der Waals surface area contributed by atoms with Crippen LogP contribution in [0.25, 0.3) is 0 Å². The summed E-state index contributed by atoms with van der Waals surface area (Å²) in [5.41, 5.74) is 1.40. The third kappa shape index (κ3) is 2.77. The van der Waals surface area contributed by atoms with Crippen molar-refractivity contribution in [3.05, 3.63) is 11.6 Å². The average molecular weight is 407 g/mol. The first-order chi connectivity index (χ1) is 14.0. The number of hydrogen-bond acceptors (Lipinski definition) is 5. The lowest BCUT2D eigenvalue weighted by molar-refractivity contribution is -0.301. The molecule has 7 atom stereocenters. The number of hydrogen-bond donors (Lipinski definition) is 1. The molecule has 4 aliphatic carbocycles. The minimum absolute atomic E-state index is 0.0763. The number of rotatable bonds is 4. The smallest absolute Gasteiger partial charge is 0.188 e. The van der Waals surface area contributed by atoms with E-state index in [1.165, 1.54) is 5.57 Å². The Labute approximate surface area is 175 Å². The summed E-state index contributed by atoms with van der Waals surface area (Å²) in [4.78, 5) is 0. The van der Waals surface area contributed by atoms with Crippen LogP contribution in [-0.4, -0.2) is 49.7 Å². The zero-order valence-corrected chi connectivity index (χ0v) is 18.3. The fourth-order valence-corrected chi connectivity index (χ4v) is 8.33. The molecule has 0 radical (unpaired) electrons. The number of methoxy groups -OCH3 is 1. The highest BCUT2D eigenvalue weighted by Crippen LogP contribution is 2.67. The van der Waals surface area contributed by atoms with Crippen molar-refractivity contribution in [1.82, 2.24) is 0 Å². The first-order valence-electron chi connectivity index (χ1n) is 11.9. The fraction of sp³-hybridized carbons (Fsp3) is 0.917. The first-order valence-corrected chi connectivity index (χ1v) is 11.9. The van der Waals surface area contributed by atoms with Crippen LogP contribution in [0.2, 0.25) is 0 Å². The van der Waals surface area contributed by atoms with E-state index in [1.54, 1.807) is 7.11 Å². The highest BCUT2D eigenvalue weighted by Gasteiger charge is 2.67. The minimum atomic E-state index is -0.536. The summed E-state index contributed by atoms with van der Waals surface area (Å²) in [6, 6.07) is 0. The Morgan fingerprint density at radius 1 is 1.14 bits per heavy atom. The second kappa shape index (κ2) is 7.30. The largest absolute Gasteiger partial charge is 0.393 e. The molecule has 29 heavy (non-hydrogen) atoms. The van der Waals surface area contributed by atoms with Gasteiger partial charge in [-0.1, -0.05) is 12.5 Å². The molecule has 1 spiro atoms. The van der Waals surface area contributed by atoms with E-state index in [2.05, 4.69) is 19.9 Å². The van der Waals surface area contributed by atoms with Crippen molar-refractivity contribution in [2.75, 3.05) is 26.9 Å². The standard InChI is InChI=1S/C24H38O5/c1-4-22-15-20(25)21-17-8-10-23(28-12-13-29-23)14-16(17)6-7-18(21)19(22)9-11-24(22,26-3)27-5-2/h14,17-21,25H,4-13,15H2,1-3H3. The molecule has 5 nitrogen and oxygen atoms in total. The number of ether oxygens (including phenoxy) is 4. The van der Waals surface area contributed by atoms with Crippen LogP contribution in [0.15, 0.2) is 11.6 Å². The van der Waals surface area contributed by atoms with Crippen LogP contribution in [0, 0.1) is 29.1 Å². The molecule has 7 unspecified atom stereocenters. The van der Waals surface area contributed by atoms with Crippen LogP contribution in [-0.2, 0) is 18.9 Å². The predicted octanol–water partition coefficient (Wildman–Crippen LogP) is 4.04. The minimum Gasteiger partial charge on any atom is -0.393 e. The third-order valence-electron chi connectivity index (χ3n) is 9.31. The summed E-state index contributed by atoms with van der Waals surface area (Å²) in [6.07, 6.45) is 10.1. The molecule has 4 fully saturated rings. The summed E-state index contributed by atoms with van der Waals surface area (Å²) >= 11 is 0. The first kappa shape index (κ1) is 20.4. The van der Waals surface area contributed by atoms with Crippen molar-refractivity contribution in [1.29, 1.82) is 0 Å². The van der Waals surface area contributed by atoms with Crippen LogP contribution in [0.1, 0.15) is 65.2 Å². The van der Waals surface area contributed by atoms with Gasteiger partial charge in [0.15, 0.2) is 11.6 Å². The van der Waals surface area contributed by atoms with Gasteiger partial charge in [-0.25, -0.2) is 0 Å². The predicted molar refractivity (Wildman–Crippen MR) is 109 cm³/mol. The maximum atomic E-state index is 11.5. The highest BCUT2D eigenvalue weighted by atomic mass is 16.7. The molecule has 5 aliphatic rings. The molecule has 0 aromatic carbocycles. The molecule has 1 saturated heterocycles. The van der Waals surface area contributed by atoms with E-state index in [4.69, 9.17) is 18.9 Å². The van der Waals surface area contributed by atoms with Gasteiger partial charge in [0, 0.05) is 32.0 Å². The van der Waals surface area contributed by atoms with E-state index >= 15 is 0 Å². The Hall–Kier alpha value is -0.460. The Balaban J connectivity index is 1.47. The van der Waals surface area contributed by atoms with E-state index in [1.807, 2.05) is 0 Å². The Kier molecular flexibility index (Phi) is 5.15. The van der Waals surface area contributed by atoms with Gasteiger partial charge >= 0.3 is 0 Å². The Morgan fingerprint density at radius 3 is 2.62 bits per heavy atom. The molecular weight excluding hydrogens is 368 g/mol. The topological polar surface area (TPSA) is 57.2 Å². The Morgan fingerprint density at radius 2 is 1.93 bits per heavy atom. The van der Waals surface area contributed by atoms with Crippen molar-refractivity contribution in [2.24, 2.45) is 29.1 Å². The van der Waals surface area contributed by atoms with Crippen LogP contribution in [0.3, 0.4) is 0 Å². The van der Waals surface area contributed by atoms with Gasteiger partial charge in [0.05, 0.1) is 19.3 Å². The lowest BCUT2D eigenvalue weighted by Crippen LogP contribution is -2.60. The molecule has 1 heterocycles. The molecule has 5 heteroatoms. The second-order valence-electron chi connectivity index (χ2n) is 9.97. The molecule has 3 saturated carbocycles. The van der Waals surface area contributed by atoms with Gasteiger partial charge < -0.3 is 24.1 Å². The van der Waals surface area contributed by atoms with Crippen LogP contribution >= 0.6 is 0 Å². The van der Waals surface area contributed by atoms with E-state index in [0.717, 1.165) is 51.4 Å². The molecule has 5 rings (SSSR count). The van der Waals surface area contributed by atoms with Crippen molar-refractivity contribution in [2.45, 2.75) is 82.9 Å². The van der Waals surface area contributed by atoms with Gasteiger partial charge in [-0.15, -0.1) is 0 Å². The summed E-state index contributed by atoms with van der Waals surface area (Å²) in [5.74, 6) is 0.945. The van der Waals surface area contributed by atoms with E-state index in [9.17, 15) is 5.11 Å². The van der Waals surface area contributed by atoms with Crippen molar-refractivity contribution in [3.8, 4) is 0 Å². The maximum Gasteiger partial charge on any atom is 0.188 e. The normalized spacial score (nSPS) is 48.1. The molecular formula is C24H38O5. The van der Waals surface area contributed by atoms with Gasteiger partial charge in [0.1, 0.15) is 0 Å². The maximum absolute atomic E-state index is 11.5. The van der Waals surface area contributed by atoms with Gasteiger partial charge in [0.25, 0.3) is 0 Å². The summed E-state index contributed by atoms with van der Waals surface area (Å²) in [7, 11) is 1.80. The number of fused-ring (bicyclic) bond motifs is 5. The number of aliphatic hydroxyl groups excluding tert-OH is 1. The fourth-order valence-electron chi connectivity index (χ4n) is 8.33. The third-order valence-corrected chi connectivity index (χ3v) is 9.31. The monoisotopic (exact) mass is 406 g/mol. The summed E-state index contributed by atoms with van der Waals surface area (Å²) in [5, 5.41) is 11.5. The van der Waals surface area contributed by atoms with Crippen molar-refractivity contribution < 1.29 is 24.1 Å². The van der Waals surface area contributed by atoms with Gasteiger partial charge in [-0.2, -0.15) is 0 Å². The molecule has 0 bridgehead atoms. The molecule has 1 aliphatic heterocycles. The molecule has 0 aromatic rings. The number of allylic oxidation sites excluding steroid dienone is 1. The van der Waals surface area contributed by atoms with Gasteiger partial charge in [-0.05, 0) is 75.2 Å². The average Bonchev–Trinajstić information content (AvgIpc) is 3.31. The SMILES string of the molecule is CCOC1(OC)CCC2C3CCC4=CC5(CCC4C3C(O)CC21CC)OCCO5. The molecule has 164 valence electrons. The second-order valence-corrected chi connectivity index (χ2v) is 9.97. The van der Waals surface area contributed by atoms with Gasteiger partial charge in [0.2, 0.25) is 0 Å². The van der Waals surface area contributed by atoms with E-state index in [0.29, 0.717) is 43.5 Å². The highest BCUT2D eigenvalue weighted by molar-refractivity contribution is 5.24. The zero-order valence-electron chi connectivity index (χ0n) is 18.3. The van der Waals surface area contributed by atoms with Crippen molar-refractivity contribution >= 4 is 0 Å². The van der Waals surface area contributed by atoms with Gasteiger partial charge in [-0.3, -0.25) is 0 Å². The van der Waals surface area contributed by atoms with E-state index < -0.39 is 11.6 Å². The van der Waals surface area contributed by atoms with Crippen molar-refractivity contribution in [3.63, 3.8) is 0 Å². The van der Waals surface area contributed by atoms with Crippen LogP contribution in [0.5, 0.6) is 0 Å². The Bertz CT molecular complexity index is 656. The zero-order chi connectivity index (χ0) is 20.3. The van der Waals surface area contributed by atoms with Crippen LogP contribution < -0.4 is 0 Å². The number of aliphatic hydroxyl groups is 1. The quantitative estimate of drug-likeness (QED) is 0.564. The molecule has 0 amide bonds. The molecule has 0 aromatic heterocycles. The van der Waals surface area contributed by atoms with E-state index in [-0.39, 0.29) is 11.5 Å². The summed E-state index contributed by atoms with van der Waals surface area (Å²) in [6.45, 7) is 6.37. The lowest BCUT2D eigenvalue weighted by Gasteiger charge is -2.59. The molecule has 1 N–H and O–H groups in total. The lowest BCUT2D eigenvalue weighted by atomic mass is 9.49.